The van der Waals surface area contributed by atoms with Crippen molar-refractivity contribution in [1.82, 2.24) is 0 Å². The van der Waals surface area contributed by atoms with Crippen molar-refractivity contribution in [2.45, 2.75) is 26.2 Å². The topological polar surface area (TPSA) is 66.4 Å². The van der Waals surface area contributed by atoms with Crippen LogP contribution in [-0.2, 0) is 9.98 Å². The van der Waals surface area contributed by atoms with Gasteiger partial charge in [0.2, 0.25) is 0 Å². The number of hydrogen-bond acceptors (Lipinski definition) is 3. The third-order valence-electron chi connectivity index (χ3n) is 3.32. The SMILES string of the molecule is CC(C)(C)c1cc(NP(C)(=O)c2ccc(Cl)cc2)c(C(=O)O)s1. The highest BCUT2D eigenvalue weighted by atomic mass is 35.5. The predicted octanol–water partition coefficient (Wildman–Crippen LogP) is 5.04. The van der Waals surface area contributed by atoms with E-state index in [-0.39, 0.29) is 10.3 Å². The fourth-order valence-corrected chi connectivity index (χ4v) is 4.72. The minimum Gasteiger partial charge on any atom is -0.477 e. The number of anilines is 1. The van der Waals surface area contributed by atoms with Crippen LogP contribution in [0, 0.1) is 0 Å². The van der Waals surface area contributed by atoms with Crippen LogP contribution in [0.25, 0.3) is 0 Å². The van der Waals surface area contributed by atoms with Crippen molar-refractivity contribution in [3.05, 3.63) is 45.1 Å². The molecule has 0 spiro atoms. The molecule has 1 aromatic heterocycles. The lowest BCUT2D eigenvalue weighted by atomic mass is 9.95. The lowest BCUT2D eigenvalue weighted by Crippen LogP contribution is -2.11. The Hall–Kier alpha value is -1.29. The first-order valence-corrected chi connectivity index (χ1v) is 10.3. The second-order valence-corrected chi connectivity index (χ2v) is 10.5. The molecule has 124 valence electrons. The maximum absolute atomic E-state index is 13.0. The first-order chi connectivity index (χ1) is 10.5. The summed E-state index contributed by atoms with van der Waals surface area (Å²) in [5.41, 5.74) is 0.223. The summed E-state index contributed by atoms with van der Waals surface area (Å²) in [4.78, 5) is 12.6. The largest absolute Gasteiger partial charge is 0.477 e. The molecule has 2 N–H and O–H groups in total. The number of halogens is 1. The molecule has 0 amide bonds. The molecular formula is C16H19ClNO3PS. The summed E-state index contributed by atoms with van der Waals surface area (Å²) in [7, 11) is -2.96. The van der Waals surface area contributed by atoms with Crippen LogP contribution in [0.1, 0.15) is 35.3 Å². The van der Waals surface area contributed by atoms with E-state index in [0.29, 0.717) is 16.0 Å². The first-order valence-electron chi connectivity index (χ1n) is 7.00. The molecular weight excluding hydrogens is 353 g/mol. The van der Waals surface area contributed by atoms with E-state index in [1.54, 1.807) is 37.0 Å². The molecule has 0 aliphatic rings. The van der Waals surface area contributed by atoms with Crippen LogP contribution in [0.15, 0.2) is 30.3 Å². The van der Waals surface area contributed by atoms with E-state index < -0.39 is 13.3 Å². The number of benzene rings is 1. The van der Waals surface area contributed by atoms with E-state index in [4.69, 9.17) is 11.6 Å². The van der Waals surface area contributed by atoms with Crippen LogP contribution in [-0.4, -0.2) is 17.7 Å². The maximum Gasteiger partial charge on any atom is 0.348 e. The summed E-state index contributed by atoms with van der Waals surface area (Å²) in [5.74, 6) is -1.02. The zero-order valence-electron chi connectivity index (χ0n) is 13.4. The van der Waals surface area contributed by atoms with Gasteiger partial charge >= 0.3 is 5.97 Å². The van der Waals surface area contributed by atoms with Gasteiger partial charge in [0.1, 0.15) is 4.88 Å². The van der Waals surface area contributed by atoms with Crippen LogP contribution in [0.4, 0.5) is 5.69 Å². The molecule has 2 rings (SSSR count). The normalized spacial score (nSPS) is 14.3. The van der Waals surface area contributed by atoms with Gasteiger partial charge in [-0.2, -0.15) is 0 Å². The number of carbonyl (C=O) groups is 1. The van der Waals surface area contributed by atoms with E-state index >= 15 is 0 Å². The Labute approximate surface area is 144 Å². The van der Waals surface area contributed by atoms with Crippen molar-refractivity contribution >= 4 is 47.2 Å². The summed E-state index contributed by atoms with van der Waals surface area (Å²) in [6.45, 7) is 7.62. The number of rotatable bonds is 4. The van der Waals surface area contributed by atoms with Crippen LogP contribution in [0.5, 0.6) is 0 Å². The average Bonchev–Trinajstić information content (AvgIpc) is 2.82. The summed E-state index contributed by atoms with van der Waals surface area (Å²) >= 11 is 7.06. The highest BCUT2D eigenvalue weighted by molar-refractivity contribution is 7.72. The zero-order chi connectivity index (χ0) is 17.4. The second-order valence-electron chi connectivity index (χ2n) is 6.42. The van der Waals surface area contributed by atoms with E-state index in [0.717, 1.165) is 4.88 Å². The fraction of sp³-hybridized carbons (Fsp3) is 0.312. The summed E-state index contributed by atoms with van der Waals surface area (Å²) < 4.78 is 13.0. The van der Waals surface area contributed by atoms with Crippen LogP contribution < -0.4 is 10.4 Å². The summed E-state index contributed by atoms with van der Waals surface area (Å²) in [5, 5.41) is 13.5. The molecule has 0 bridgehead atoms. The minimum absolute atomic E-state index is 0.172. The molecule has 0 saturated carbocycles. The molecule has 1 aromatic carbocycles. The molecule has 23 heavy (non-hydrogen) atoms. The molecule has 0 aliphatic heterocycles. The molecule has 4 nitrogen and oxygen atoms in total. The molecule has 1 atom stereocenters. The highest BCUT2D eigenvalue weighted by Gasteiger charge is 2.26. The van der Waals surface area contributed by atoms with E-state index in [1.165, 1.54) is 11.3 Å². The van der Waals surface area contributed by atoms with Gasteiger partial charge in [0.15, 0.2) is 7.29 Å². The van der Waals surface area contributed by atoms with Crippen molar-refractivity contribution in [2.75, 3.05) is 11.8 Å². The molecule has 0 fully saturated rings. The van der Waals surface area contributed by atoms with Gasteiger partial charge in [-0.15, -0.1) is 11.3 Å². The molecule has 1 unspecified atom stereocenters. The number of nitrogens with one attached hydrogen (secondary N) is 1. The van der Waals surface area contributed by atoms with Gasteiger partial charge in [0, 0.05) is 21.9 Å². The summed E-state index contributed by atoms with van der Waals surface area (Å²) in [6, 6.07) is 8.49. The second kappa shape index (κ2) is 6.31. The van der Waals surface area contributed by atoms with Gasteiger partial charge in [-0.1, -0.05) is 32.4 Å². The molecule has 0 aliphatic carbocycles. The van der Waals surface area contributed by atoms with Gasteiger partial charge in [-0.05, 0) is 35.7 Å². The van der Waals surface area contributed by atoms with E-state index in [9.17, 15) is 14.5 Å². The molecule has 0 saturated heterocycles. The van der Waals surface area contributed by atoms with Gasteiger partial charge in [-0.3, -0.25) is 4.57 Å². The molecule has 0 radical (unpaired) electrons. The van der Waals surface area contributed by atoms with Crippen LogP contribution in [0.3, 0.4) is 0 Å². The predicted molar refractivity (Wildman–Crippen MR) is 98.2 cm³/mol. The number of carboxylic acid groups (broad SMARTS) is 1. The Morgan fingerprint density at radius 2 is 1.83 bits per heavy atom. The third-order valence-corrected chi connectivity index (χ3v) is 7.07. The van der Waals surface area contributed by atoms with Gasteiger partial charge < -0.3 is 10.2 Å². The smallest absolute Gasteiger partial charge is 0.348 e. The number of hydrogen-bond donors (Lipinski definition) is 2. The standard InChI is InChI=1S/C16H19ClNO3PS/c1-16(2,3)13-9-12(14(23-13)15(19)20)18-22(4,21)11-7-5-10(17)6-8-11/h5-9H,1-4H3,(H,18,21)(H,19,20). The van der Waals surface area contributed by atoms with Crippen molar-refractivity contribution in [3.63, 3.8) is 0 Å². The fourth-order valence-electron chi connectivity index (χ4n) is 2.02. The average molecular weight is 372 g/mol. The van der Waals surface area contributed by atoms with Gasteiger partial charge in [0.25, 0.3) is 0 Å². The minimum atomic E-state index is -2.96. The Balaban J connectivity index is 2.42. The van der Waals surface area contributed by atoms with Gasteiger partial charge in [0.05, 0.1) is 5.69 Å². The Kier molecular flexibility index (Phi) is 4.95. The third kappa shape index (κ3) is 4.17. The van der Waals surface area contributed by atoms with Crippen molar-refractivity contribution in [2.24, 2.45) is 0 Å². The van der Waals surface area contributed by atoms with Crippen LogP contribution >= 0.6 is 30.2 Å². The monoisotopic (exact) mass is 371 g/mol. The number of thiophene rings is 1. The van der Waals surface area contributed by atoms with E-state index in [2.05, 4.69) is 5.09 Å². The van der Waals surface area contributed by atoms with Crippen molar-refractivity contribution in [1.29, 1.82) is 0 Å². The Bertz CT molecular complexity index is 778. The van der Waals surface area contributed by atoms with E-state index in [1.807, 2.05) is 20.8 Å². The van der Waals surface area contributed by atoms with Crippen LogP contribution in [0.2, 0.25) is 5.02 Å². The lowest BCUT2D eigenvalue weighted by Gasteiger charge is -2.17. The first kappa shape index (κ1) is 18.1. The molecule has 7 heteroatoms. The van der Waals surface area contributed by atoms with Crippen molar-refractivity contribution < 1.29 is 14.5 Å². The lowest BCUT2D eigenvalue weighted by molar-refractivity contribution is 0.0703. The molecule has 2 aromatic rings. The highest BCUT2D eigenvalue weighted by Crippen LogP contribution is 2.45. The zero-order valence-corrected chi connectivity index (χ0v) is 15.9. The molecule has 1 heterocycles. The van der Waals surface area contributed by atoms with Gasteiger partial charge in [-0.25, -0.2) is 4.79 Å². The Morgan fingerprint density at radius 1 is 1.26 bits per heavy atom. The quantitative estimate of drug-likeness (QED) is 0.738. The number of aromatic carboxylic acids is 1. The Morgan fingerprint density at radius 3 is 2.30 bits per heavy atom. The summed E-state index contributed by atoms with van der Waals surface area (Å²) in [6.07, 6.45) is 0. The van der Waals surface area contributed by atoms with Crippen molar-refractivity contribution in [3.8, 4) is 0 Å². The maximum atomic E-state index is 13.0. The number of carboxylic acids is 1.